The number of benzene rings is 1. The molecule has 4 nitrogen and oxygen atoms in total. The molecule has 23 heavy (non-hydrogen) atoms. The number of carbonyl (C=O) groups is 1. The van der Waals surface area contributed by atoms with Gasteiger partial charge < -0.3 is 15.5 Å². The lowest BCUT2D eigenvalue weighted by Gasteiger charge is -2.57. The number of nitrogens with one attached hydrogen (secondary N) is 1. The molecule has 4 aliphatic rings. The average Bonchev–Trinajstić information content (AvgIpc) is 2.52. The fourth-order valence-corrected chi connectivity index (χ4v) is 5.57. The van der Waals surface area contributed by atoms with Crippen LogP contribution in [0.15, 0.2) is 30.3 Å². The van der Waals surface area contributed by atoms with Crippen molar-refractivity contribution in [2.24, 2.45) is 17.8 Å². The van der Waals surface area contributed by atoms with Crippen molar-refractivity contribution in [1.82, 2.24) is 5.32 Å². The van der Waals surface area contributed by atoms with E-state index < -0.39 is 18.1 Å². The van der Waals surface area contributed by atoms with Crippen LogP contribution >= 0.6 is 0 Å². The van der Waals surface area contributed by atoms with Crippen LogP contribution in [-0.2, 0) is 4.79 Å². The van der Waals surface area contributed by atoms with Crippen LogP contribution in [0.5, 0.6) is 0 Å². The monoisotopic (exact) mass is 315 g/mol. The first-order chi connectivity index (χ1) is 11.0. The SMILES string of the molecule is O=C(NC12CC3CC(CC(C3)C1)C2)[C@H](O)[C@@H](O)c1ccccc1. The predicted octanol–water partition coefficient (Wildman–Crippen LogP) is 2.17. The zero-order valence-electron chi connectivity index (χ0n) is 13.3. The summed E-state index contributed by atoms with van der Waals surface area (Å²) in [5.74, 6) is 1.77. The molecular formula is C19H25NO3. The van der Waals surface area contributed by atoms with Gasteiger partial charge in [-0.2, -0.15) is 0 Å². The van der Waals surface area contributed by atoms with E-state index in [1.807, 2.05) is 6.07 Å². The van der Waals surface area contributed by atoms with Gasteiger partial charge in [0.15, 0.2) is 6.10 Å². The van der Waals surface area contributed by atoms with Gasteiger partial charge in [0.2, 0.25) is 0 Å². The topological polar surface area (TPSA) is 69.6 Å². The Bertz CT molecular complexity index is 550. The highest BCUT2D eigenvalue weighted by Crippen LogP contribution is 2.55. The van der Waals surface area contributed by atoms with Gasteiger partial charge in [-0.05, 0) is 61.8 Å². The predicted molar refractivity (Wildman–Crippen MR) is 86.5 cm³/mol. The molecule has 4 heteroatoms. The Kier molecular flexibility index (Phi) is 3.69. The van der Waals surface area contributed by atoms with Gasteiger partial charge in [0, 0.05) is 5.54 Å². The van der Waals surface area contributed by atoms with Crippen molar-refractivity contribution in [2.45, 2.75) is 56.3 Å². The van der Waals surface area contributed by atoms with Gasteiger partial charge in [0.25, 0.3) is 5.91 Å². The Balaban J connectivity index is 1.45. The van der Waals surface area contributed by atoms with E-state index in [4.69, 9.17) is 0 Å². The minimum Gasteiger partial charge on any atom is -0.385 e. The quantitative estimate of drug-likeness (QED) is 0.797. The maximum Gasteiger partial charge on any atom is 0.252 e. The molecule has 2 atom stereocenters. The number of amides is 1. The summed E-state index contributed by atoms with van der Waals surface area (Å²) in [4.78, 5) is 12.5. The van der Waals surface area contributed by atoms with Crippen molar-refractivity contribution in [3.63, 3.8) is 0 Å². The van der Waals surface area contributed by atoms with Crippen molar-refractivity contribution in [2.75, 3.05) is 0 Å². The van der Waals surface area contributed by atoms with Crippen LogP contribution in [0.4, 0.5) is 0 Å². The maximum atomic E-state index is 12.5. The number of hydrogen-bond acceptors (Lipinski definition) is 3. The van der Waals surface area contributed by atoms with Crippen LogP contribution in [0.3, 0.4) is 0 Å². The molecule has 3 N–H and O–H groups in total. The Morgan fingerprint density at radius 3 is 2.04 bits per heavy atom. The Morgan fingerprint density at radius 2 is 1.52 bits per heavy atom. The molecule has 4 fully saturated rings. The first-order valence-electron chi connectivity index (χ1n) is 8.78. The van der Waals surface area contributed by atoms with Crippen molar-refractivity contribution in [1.29, 1.82) is 0 Å². The smallest absolute Gasteiger partial charge is 0.252 e. The van der Waals surface area contributed by atoms with Crippen LogP contribution in [-0.4, -0.2) is 27.8 Å². The van der Waals surface area contributed by atoms with Crippen molar-refractivity contribution >= 4 is 5.91 Å². The molecule has 0 spiro atoms. The first kappa shape index (κ1) is 15.2. The highest BCUT2D eigenvalue weighted by Gasteiger charge is 2.52. The minimum atomic E-state index is -1.41. The van der Waals surface area contributed by atoms with E-state index in [0.717, 1.165) is 37.0 Å². The van der Waals surface area contributed by atoms with Crippen LogP contribution in [0.25, 0.3) is 0 Å². The van der Waals surface area contributed by atoms with E-state index in [2.05, 4.69) is 5.32 Å². The van der Waals surface area contributed by atoms with E-state index in [0.29, 0.717) is 5.56 Å². The number of aliphatic hydroxyl groups excluding tert-OH is 2. The Labute approximate surface area is 136 Å². The molecule has 5 rings (SSSR count). The molecule has 4 aliphatic carbocycles. The lowest BCUT2D eigenvalue weighted by molar-refractivity contribution is -0.141. The lowest BCUT2D eigenvalue weighted by Crippen LogP contribution is -2.61. The van der Waals surface area contributed by atoms with E-state index in [1.54, 1.807) is 24.3 Å². The first-order valence-corrected chi connectivity index (χ1v) is 8.78. The third kappa shape index (κ3) is 2.79. The molecule has 0 aliphatic heterocycles. The molecule has 4 saturated carbocycles. The molecule has 0 unspecified atom stereocenters. The molecule has 1 amide bonds. The summed E-state index contributed by atoms with van der Waals surface area (Å²) >= 11 is 0. The van der Waals surface area contributed by atoms with Crippen molar-refractivity contribution in [3.8, 4) is 0 Å². The Hall–Kier alpha value is -1.39. The molecule has 0 radical (unpaired) electrons. The third-order valence-electron chi connectivity index (χ3n) is 6.14. The zero-order chi connectivity index (χ0) is 16.0. The minimum absolute atomic E-state index is 0.136. The van der Waals surface area contributed by atoms with Crippen molar-refractivity contribution < 1.29 is 15.0 Å². The second-order valence-corrected chi connectivity index (χ2v) is 7.99. The van der Waals surface area contributed by atoms with Gasteiger partial charge in [-0.25, -0.2) is 0 Å². The fraction of sp³-hybridized carbons (Fsp3) is 0.632. The molecule has 0 saturated heterocycles. The molecule has 4 bridgehead atoms. The van der Waals surface area contributed by atoms with Crippen LogP contribution in [0.1, 0.15) is 50.2 Å². The van der Waals surface area contributed by atoms with E-state index >= 15 is 0 Å². The zero-order valence-corrected chi connectivity index (χ0v) is 13.3. The number of rotatable bonds is 4. The Morgan fingerprint density at radius 1 is 1.00 bits per heavy atom. The largest absolute Gasteiger partial charge is 0.385 e. The van der Waals surface area contributed by atoms with E-state index in [9.17, 15) is 15.0 Å². The standard InChI is InChI=1S/C19H25NO3/c21-16(15-4-2-1-3-5-15)17(22)18(23)20-19-9-12-6-13(10-19)8-14(7-12)11-19/h1-5,12-14,16-17,21-22H,6-11H2,(H,20,23)/t12?,13?,14?,16-,17+,19?/m0/s1. The second-order valence-electron chi connectivity index (χ2n) is 7.99. The molecular weight excluding hydrogens is 290 g/mol. The summed E-state index contributed by atoms with van der Waals surface area (Å²) in [5.41, 5.74) is 0.434. The summed E-state index contributed by atoms with van der Waals surface area (Å²) in [6, 6.07) is 8.89. The van der Waals surface area contributed by atoms with Gasteiger partial charge in [0.05, 0.1) is 0 Å². The average molecular weight is 315 g/mol. The highest BCUT2D eigenvalue weighted by atomic mass is 16.3. The fourth-order valence-electron chi connectivity index (χ4n) is 5.57. The maximum absolute atomic E-state index is 12.5. The van der Waals surface area contributed by atoms with Gasteiger partial charge in [0.1, 0.15) is 6.10 Å². The second kappa shape index (κ2) is 5.60. The number of aliphatic hydroxyl groups is 2. The summed E-state index contributed by atoms with van der Waals surface area (Å²) in [6.45, 7) is 0. The van der Waals surface area contributed by atoms with Crippen LogP contribution < -0.4 is 5.32 Å². The van der Waals surface area contributed by atoms with Gasteiger partial charge in [-0.1, -0.05) is 30.3 Å². The van der Waals surface area contributed by atoms with Crippen LogP contribution in [0, 0.1) is 17.8 Å². The van der Waals surface area contributed by atoms with Crippen molar-refractivity contribution in [3.05, 3.63) is 35.9 Å². The molecule has 1 aromatic carbocycles. The third-order valence-corrected chi connectivity index (χ3v) is 6.14. The summed E-state index contributed by atoms with van der Waals surface area (Å²) in [7, 11) is 0. The lowest BCUT2D eigenvalue weighted by atomic mass is 9.53. The normalized spacial score (nSPS) is 37.4. The van der Waals surface area contributed by atoms with Gasteiger partial charge in [-0.3, -0.25) is 4.79 Å². The summed E-state index contributed by atoms with van der Waals surface area (Å²) in [5, 5.41) is 23.7. The molecule has 0 aromatic heterocycles. The summed E-state index contributed by atoms with van der Waals surface area (Å²) < 4.78 is 0. The van der Waals surface area contributed by atoms with Gasteiger partial charge in [-0.15, -0.1) is 0 Å². The highest BCUT2D eigenvalue weighted by molar-refractivity contribution is 5.82. The van der Waals surface area contributed by atoms with Crippen LogP contribution in [0.2, 0.25) is 0 Å². The number of carbonyl (C=O) groups excluding carboxylic acids is 1. The van der Waals surface area contributed by atoms with Gasteiger partial charge >= 0.3 is 0 Å². The van der Waals surface area contributed by atoms with E-state index in [1.165, 1.54) is 19.3 Å². The molecule has 0 heterocycles. The molecule has 1 aromatic rings. The number of hydrogen-bond donors (Lipinski definition) is 3. The molecule has 124 valence electrons. The summed E-state index contributed by atoms with van der Waals surface area (Å²) in [6.07, 6.45) is 4.46. The van der Waals surface area contributed by atoms with E-state index in [-0.39, 0.29) is 5.54 Å².